The fourth-order valence-electron chi connectivity index (χ4n) is 3.28. The summed E-state index contributed by atoms with van der Waals surface area (Å²) in [7, 11) is 6.15. The first-order chi connectivity index (χ1) is 11.8. The van der Waals surface area contributed by atoms with E-state index in [-0.39, 0.29) is 5.41 Å². The minimum absolute atomic E-state index is 0.113. The molecule has 1 saturated heterocycles. The summed E-state index contributed by atoms with van der Waals surface area (Å²) >= 11 is 0. The van der Waals surface area contributed by atoms with Gasteiger partial charge in [-0.3, -0.25) is 4.68 Å². The first-order valence-electron chi connectivity index (χ1n) is 8.93. The Hall–Kier alpha value is -1.73. The molecule has 1 aliphatic heterocycles. The van der Waals surface area contributed by atoms with Crippen LogP contribution in [0.25, 0.3) is 11.0 Å². The molecule has 2 aromatic heterocycles. The van der Waals surface area contributed by atoms with E-state index in [0.29, 0.717) is 5.92 Å². The van der Waals surface area contributed by atoms with Crippen LogP contribution in [-0.4, -0.2) is 71.6 Å². The number of hydrogen-bond donors (Lipinski definition) is 0. The third-order valence-corrected chi connectivity index (χ3v) is 4.50. The summed E-state index contributed by atoms with van der Waals surface area (Å²) in [5.74, 6) is 2.29. The molecule has 2 aromatic rings. The van der Waals surface area contributed by atoms with Crippen molar-refractivity contribution in [3.05, 3.63) is 12.0 Å². The molecule has 0 amide bonds. The quantitative estimate of drug-likeness (QED) is 0.843. The fraction of sp³-hybridized carbons (Fsp3) is 0.722. The highest BCUT2D eigenvalue weighted by Gasteiger charge is 2.26. The molecule has 1 fully saturated rings. The molecule has 1 atom stereocenters. The van der Waals surface area contributed by atoms with Gasteiger partial charge in [0.25, 0.3) is 0 Å². The first kappa shape index (κ1) is 18.1. The van der Waals surface area contributed by atoms with Crippen molar-refractivity contribution >= 4 is 16.9 Å². The molecule has 0 radical (unpaired) electrons. The number of nitrogens with zero attached hydrogens (tertiary/aromatic N) is 6. The van der Waals surface area contributed by atoms with Crippen LogP contribution in [0.3, 0.4) is 0 Å². The van der Waals surface area contributed by atoms with Crippen LogP contribution in [0, 0.1) is 5.92 Å². The molecule has 0 saturated carbocycles. The van der Waals surface area contributed by atoms with Gasteiger partial charge in [-0.15, -0.1) is 0 Å². The average Bonchev–Trinajstić information content (AvgIpc) is 2.75. The monoisotopic (exact) mass is 346 g/mol. The smallest absolute Gasteiger partial charge is 0.163 e. The maximum absolute atomic E-state index is 5.84. The van der Waals surface area contributed by atoms with Crippen molar-refractivity contribution in [3.63, 3.8) is 0 Å². The Kier molecular flexibility index (Phi) is 4.97. The molecule has 0 unspecified atom stereocenters. The van der Waals surface area contributed by atoms with Gasteiger partial charge in [0.05, 0.1) is 24.8 Å². The van der Waals surface area contributed by atoms with E-state index in [2.05, 4.69) is 49.8 Å². The van der Waals surface area contributed by atoms with Crippen LogP contribution in [-0.2, 0) is 17.2 Å². The Balaban J connectivity index is 2.03. The van der Waals surface area contributed by atoms with Crippen LogP contribution in [0.5, 0.6) is 0 Å². The number of rotatable bonds is 3. The summed E-state index contributed by atoms with van der Waals surface area (Å²) in [6, 6.07) is 0. The van der Waals surface area contributed by atoms with Crippen LogP contribution >= 0.6 is 0 Å². The van der Waals surface area contributed by atoms with Gasteiger partial charge >= 0.3 is 0 Å². The van der Waals surface area contributed by atoms with Crippen molar-refractivity contribution in [1.29, 1.82) is 0 Å². The van der Waals surface area contributed by atoms with E-state index < -0.39 is 0 Å². The summed E-state index contributed by atoms with van der Waals surface area (Å²) in [6.07, 6.45) is 1.88. The van der Waals surface area contributed by atoms with Crippen LogP contribution < -0.4 is 4.90 Å². The van der Waals surface area contributed by atoms with Crippen molar-refractivity contribution in [2.75, 3.05) is 51.8 Å². The second-order valence-electron chi connectivity index (χ2n) is 8.28. The van der Waals surface area contributed by atoms with Crippen molar-refractivity contribution in [1.82, 2.24) is 24.6 Å². The molecule has 7 heteroatoms. The van der Waals surface area contributed by atoms with E-state index in [9.17, 15) is 0 Å². The number of fused-ring (bicyclic) bond motifs is 1. The van der Waals surface area contributed by atoms with E-state index in [1.807, 2.05) is 17.9 Å². The Morgan fingerprint density at radius 3 is 2.72 bits per heavy atom. The Morgan fingerprint density at radius 1 is 1.28 bits per heavy atom. The van der Waals surface area contributed by atoms with Crippen molar-refractivity contribution in [2.45, 2.75) is 26.2 Å². The molecule has 0 aromatic carbocycles. The summed E-state index contributed by atoms with van der Waals surface area (Å²) in [5.41, 5.74) is 0.780. The second kappa shape index (κ2) is 6.88. The lowest BCUT2D eigenvalue weighted by molar-refractivity contribution is 0.113. The minimum atomic E-state index is -0.113. The van der Waals surface area contributed by atoms with Crippen LogP contribution in [0.2, 0.25) is 0 Å². The maximum Gasteiger partial charge on any atom is 0.163 e. The first-order valence-corrected chi connectivity index (χ1v) is 8.93. The van der Waals surface area contributed by atoms with Crippen molar-refractivity contribution in [3.8, 4) is 0 Å². The van der Waals surface area contributed by atoms with Gasteiger partial charge < -0.3 is 14.5 Å². The Labute approximate surface area is 150 Å². The molecule has 0 spiro atoms. The summed E-state index contributed by atoms with van der Waals surface area (Å²) < 4.78 is 7.68. The van der Waals surface area contributed by atoms with Gasteiger partial charge in [0.15, 0.2) is 5.65 Å². The van der Waals surface area contributed by atoms with E-state index >= 15 is 0 Å². The summed E-state index contributed by atoms with van der Waals surface area (Å²) in [6.45, 7) is 10.7. The van der Waals surface area contributed by atoms with E-state index in [1.54, 1.807) is 0 Å². The molecule has 1 aliphatic rings. The number of hydrogen-bond acceptors (Lipinski definition) is 6. The summed E-state index contributed by atoms with van der Waals surface area (Å²) in [4.78, 5) is 14.3. The third kappa shape index (κ3) is 3.93. The fourth-order valence-corrected chi connectivity index (χ4v) is 3.28. The lowest BCUT2D eigenvalue weighted by atomic mass is 9.95. The SMILES string of the molecule is CN(C)C[C@@H]1COCCN(c2nc(C(C)(C)C)nc3c2cnn3C)C1. The molecule has 0 bridgehead atoms. The number of ether oxygens (including phenoxy) is 1. The Morgan fingerprint density at radius 2 is 2.04 bits per heavy atom. The zero-order chi connectivity index (χ0) is 18.2. The van der Waals surface area contributed by atoms with Crippen LogP contribution in [0.1, 0.15) is 26.6 Å². The topological polar surface area (TPSA) is 59.3 Å². The minimum Gasteiger partial charge on any atom is -0.379 e. The lowest BCUT2D eigenvalue weighted by Gasteiger charge is -2.28. The molecule has 0 N–H and O–H groups in total. The van der Waals surface area contributed by atoms with E-state index in [4.69, 9.17) is 14.7 Å². The predicted molar refractivity (Wildman–Crippen MR) is 100 cm³/mol. The predicted octanol–water partition coefficient (Wildman–Crippen LogP) is 1.68. The normalized spacial score (nSPS) is 19.6. The highest BCUT2D eigenvalue weighted by atomic mass is 16.5. The van der Waals surface area contributed by atoms with Crippen LogP contribution in [0.15, 0.2) is 6.20 Å². The number of anilines is 1. The third-order valence-electron chi connectivity index (χ3n) is 4.50. The highest BCUT2D eigenvalue weighted by molar-refractivity contribution is 5.87. The van der Waals surface area contributed by atoms with Crippen LogP contribution in [0.4, 0.5) is 5.82 Å². The van der Waals surface area contributed by atoms with E-state index in [0.717, 1.165) is 55.5 Å². The van der Waals surface area contributed by atoms with Gasteiger partial charge in [-0.05, 0) is 14.1 Å². The second-order valence-corrected chi connectivity index (χ2v) is 8.28. The molecule has 3 rings (SSSR count). The zero-order valence-corrected chi connectivity index (χ0v) is 16.3. The number of aryl methyl sites for hydroxylation is 1. The molecular formula is C18H30N6O. The maximum atomic E-state index is 5.84. The van der Waals surface area contributed by atoms with Gasteiger partial charge in [-0.25, -0.2) is 9.97 Å². The molecule has 25 heavy (non-hydrogen) atoms. The van der Waals surface area contributed by atoms with Gasteiger partial charge in [0, 0.05) is 38.0 Å². The van der Waals surface area contributed by atoms with Gasteiger partial charge in [0.1, 0.15) is 11.6 Å². The molecular weight excluding hydrogens is 316 g/mol. The average molecular weight is 346 g/mol. The number of aromatic nitrogens is 4. The van der Waals surface area contributed by atoms with Gasteiger partial charge in [-0.1, -0.05) is 20.8 Å². The van der Waals surface area contributed by atoms with Gasteiger partial charge in [-0.2, -0.15) is 5.10 Å². The standard InChI is InChI=1S/C18H30N6O/c1-18(2,3)17-20-15-14(9-19-23(15)6)16(21-17)24-7-8-25-12-13(11-24)10-22(4)5/h9,13H,7-8,10-12H2,1-6H3/t13-/m0/s1. The van der Waals surface area contributed by atoms with Crippen molar-refractivity contribution in [2.24, 2.45) is 13.0 Å². The largest absolute Gasteiger partial charge is 0.379 e. The zero-order valence-electron chi connectivity index (χ0n) is 16.3. The molecule has 0 aliphatic carbocycles. The van der Waals surface area contributed by atoms with Gasteiger partial charge in [0.2, 0.25) is 0 Å². The molecule has 3 heterocycles. The van der Waals surface area contributed by atoms with Crippen molar-refractivity contribution < 1.29 is 4.74 Å². The molecule has 138 valence electrons. The molecule has 7 nitrogen and oxygen atoms in total. The summed E-state index contributed by atoms with van der Waals surface area (Å²) in [5, 5.41) is 5.43. The van der Waals surface area contributed by atoms with E-state index in [1.165, 1.54) is 0 Å². The Bertz CT molecular complexity index is 733. The highest BCUT2D eigenvalue weighted by Crippen LogP contribution is 2.29. The lowest BCUT2D eigenvalue weighted by Crippen LogP contribution is -2.35.